The molecule has 1 saturated heterocycles. The lowest BCUT2D eigenvalue weighted by Gasteiger charge is -2.17. The van der Waals surface area contributed by atoms with Crippen LogP contribution in [0.1, 0.15) is 6.92 Å². The summed E-state index contributed by atoms with van der Waals surface area (Å²) >= 11 is 1.25. The summed E-state index contributed by atoms with van der Waals surface area (Å²) in [5.74, 6) is 0.490. The fraction of sp³-hybridized carbons (Fsp3) is 0.333. The van der Waals surface area contributed by atoms with Gasteiger partial charge in [-0.15, -0.1) is 0 Å². The second-order valence-electron chi connectivity index (χ2n) is 5.10. The molecule has 3 rings (SSSR count). The number of para-hydroxylation sites is 1. The van der Waals surface area contributed by atoms with E-state index in [1.54, 1.807) is 14.0 Å². The Bertz CT molecular complexity index is 767. The molecule has 120 valence electrons. The zero-order valence-corrected chi connectivity index (χ0v) is 13.7. The Morgan fingerprint density at radius 1 is 1.39 bits per heavy atom. The molecule has 2 heterocycles. The van der Waals surface area contributed by atoms with Crippen LogP contribution in [-0.4, -0.2) is 52.2 Å². The second kappa shape index (κ2) is 6.41. The molecule has 23 heavy (non-hydrogen) atoms. The molecule has 0 saturated carbocycles. The zero-order valence-electron chi connectivity index (χ0n) is 12.9. The van der Waals surface area contributed by atoms with Crippen LogP contribution < -0.4 is 10.6 Å². The first kappa shape index (κ1) is 15.5. The number of amides is 3. The van der Waals surface area contributed by atoms with Crippen LogP contribution in [0, 0.1) is 0 Å². The number of hydrogen-bond acceptors (Lipinski definition) is 6. The lowest BCUT2D eigenvalue weighted by Crippen LogP contribution is -2.39. The SMILES string of the molecule is CNc1nc(S[C@H](C)C(=O)N2CCNC2=O)nc2ccccc12. The first-order valence-electron chi connectivity index (χ1n) is 7.30. The Balaban J connectivity index is 1.83. The summed E-state index contributed by atoms with van der Waals surface area (Å²) in [6.45, 7) is 2.66. The molecule has 0 aliphatic carbocycles. The predicted octanol–water partition coefficient (Wildman–Crippen LogP) is 1.70. The number of nitrogens with zero attached hydrogens (tertiary/aromatic N) is 3. The highest BCUT2D eigenvalue weighted by Crippen LogP contribution is 2.27. The summed E-state index contributed by atoms with van der Waals surface area (Å²) in [5, 5.41) is 6.67. The summed E-state index contributed by atoms with van der Waals surface area (Å²) in [7, 11) is 1.80. The van der Waals surface area contributed by atoms with E-state index in [0.717, 1.165) is 16.7 Å². The molecular weight excluding hydrogens is 314 g/mol. The third-order valence-electron chi connectivity index (χ3n) is 3.57. The molecule has 0 bridgehead atoms. The van der Waals surface area contributed by atoms with E-state index in [9.17, 15) is 9.59 Å². The predicted molar refractivity (Wildman–Crippen MR) is 89.5 cm³/mol. The van der Waals surface area contributed by atoms with E-state index in [1.807, 2.05) is 24.3 Å². The lowest BCUT2D eigenvalue weighted by molar-refractivity contribution is -0.126. The van der Waals surface area contributed by atoms with Crippen LogP contribution >= 0.6 is 11.8 Å². The zero-order chi connectivity index (χ0) is 16.4. The van der Waals surface area contributed by atoms with Gasteiger partial charge in [-0.2, -0.15) is 0 Å². The number of aromatic nitrogens is 2. The fourth-order valence-corrected chi connectivity index (χ4v) is 3.25. The average molecular weight is 331 g/mol. The van der Waals surface area contributed by atoms with Gasteiger partial charge < -0.3 is 10.6 Å². The van der Waals surface area contributed by atoms with Gasteiger partial charge in [0.1, 0.15) is 5.82 Å². The molecule has 0 unspecified atom stereocenters. The third-order valence-corrected chi connectivity index (χ3v) is 4.52. The van der Waals surface area contributed by atoms with E-state index in [1.165, 1.54) is 16.7 Å². The molecule has 3 amide bonds. The van der Waals surface area contributed by atoms with Gasteiger partial charge in [-0.25, -0.2) is 14.8 Å². The van der Waals surface area contributed by atoms with Gasteiger partial charge in [0.2, 0.25) is 5.91 Å². The van der Waals surface area contributed by atoms with Crippen molar-refractivity contribution in [3.63, 3.8) is 0 Å². The van der Waals surface area contributed by atoms with E-state index in [-0.39, 0.29) is 11.9 Å². The monoisotopic (exact) mass is 331 g/mol. The first-order valence-corrected chi connectivity index (χ1v) is 8.18. The Labute approximate surface area is 137 Å². The van der Waals surface area contributed by atoms with Crippen LogP contribution in [0.15, 0.2) is 29.4 Å². The van der Waals surface area contributed by atoms with Crippen LogP contribution in [0.4, 0.5) is 10.6 Å². The molecule has 1 atom stereocenters. The number of nitrogens with one attached hydrogen (secondary N) is 2. The standard InChI is InChI=1S/C15H17N5O2S/c1-9(13(21)20-8-7-17-15(20)22)23-14-18-11-6-4-3-5-10(11)12(16-2)19-14/h3-6,9H,7-8H2,1-2H3,(H,17,22)(H,16,18,19)/t9-/m1/s1. The molecule has 7 nitrogen and oxygen atoms in total. The normalized spacial score (nSPS) is 15.6. The highest BCUT2D eigenvalue weighted by Gasteiger charge is 2.30. The Hall–Kier alpha value is -2.35. The number of anilines is 1. The van der Waals surface area contributed by atoms with E-state index < -0.39 is 5.25 Å². The van der Waals surface area contributed by atoms with E-state index in [2.05, 4.69) is 20.6 Å². The van der Waals surface area contributed by atoms with Gasteiger partial charge in [-0.3, -0.25) is 9.69 Å². The fourth-order valence-electron chi connectivity index (χ4n) is 2.41. The highest BCUT2D eigenvalue weighted by molar-refractivity contribution is 8.00. The van der Waals surface area contributed by atoms with Crippen molar-refractivity contribution in [1.29, 1.82) is 0 Å². The maximum Gasteiger partial charge on any atom is 0.324 e. The molecule has 8 heteroatoms. The molecule has 0 spiro atoms. The lowest BCUT2D eigenvalue weighted by atomic mass is 10.2. The number of urea groups is 1. The van der Waals surface area contributed by atoms with Crippen molar-refractivity contribution in [3.8, 4) is 0 Å². The van der Waals surface area contributed by atoms with Crippen LogP contribution in [0.2, 0.25) is 0 Å². The first-order chi connectivity index (χ1) is 11.1. The molecule has 1 aliphatic heterocycles. The summed E-state index contributed by atoms with van der Waals surface area (Å²) in [6.07, 6.45) is 0. The van der Waals surface area contributed by atoms with Crippen molar-refractivity contribution in [3.05, 3.63) is 24.3 Å². The van der Waals surface area contributed by atoms with Gasteiger partial charge in [-0.05, 0) is 19.1 Å². The summed E-state index contributed by atoms with van der Waals surface area (Å²) < 4.78 is 0. The smallest absolute Gasteiger partial charge is 0.324 e. The van der Waals surface area contributed by atoms with Crippen molar-refractivity contribution in [2.24, 2.45) is 0 Å². The minimum Gasteiger partial charge on any atom is -0.372 e. The number of hydrogen-bond donors (Lipinski definition) is 2. The molecule has 1 aromatic carbocycles. The van der Waals surface area contributed by atoms with Crippen molar-refractivity contribution in [2.45, 2.75) is 17.3 Å². The van der Waals surface area contributed by atoms with Gasteiger partial charge in [-0.1, -0.05) is 23.9 Å². The largest absolute Gasteiger partial charge is 0.372 e. The van der Waals surface area contributed by atoms with Crippen LogP contribution in [-0.2, 0) is 4.79 Å². The van der Waals surface area contributed by atoms with Gasteiger partial charge in [0.05, 0.1) is 10.8 Å². The van der Waals surface area contributed by atoms with Crippen LogP contribution in [0.3, 0.4) is 0 Å². The molecule has 1 aromatic heterocycles. The Kier molecular flexibility index (Phi) is 4.33. The number of benzene rings is 1. The maximum atomic E-state index is 12.4. The summed E-state index contributed by atoms with van der Waals surface area (Å²) in [6, 6.07) is 7.35. The Morgan fingerprint density at radius 2 is 2.17 bits per heavy atom. The maximum absolute atomic E-state index is 12.4. The van der Waals surface area contributed by atoms with Gasteiger partial charge in [0.25, 0.3) is 0 Å². The minimum atomic E-state index is -0.440. The van der Waals surface area contributed by atoms with E-state index in [0.29, 0.717) is 18.2 Å². The number of carbonyl (C=O) groups is 2. The number of imide groups is 1. The molecule has 1 fully saturated rings. The summed E-state index contributed by atoms with van der Waals surface area (Å²) in [5.41, 5.74) is 0.813. The van der Waals surface area contributed by atoms with Crippen LogP contribution in [0.25, 0.3) is 10.9 Å². The number of carbonyl (C=O) groups excluding carboxylic acids is 2. The van der Waals surface area contributed by atoms with E-state index in [4.69, 9.17) is 0 Å². The third kappa shape index (κ3) is 3.07. The van der Waals surface area contributed by atoms with Crippen molar-refractivity contribution in [1.82, 2.24) is 20.2 Å². The van der Waals surface area contributed by atoms with Crippen molar-refractivity contribution in [2.75, 3.05) is 25.5 Å². The minimum absolute atomic E-state index is 0.229. The molecular formula is C15H17N5O2S. The molecule has 0 radical (unpaired) electrons. The highest BCUT2D eigenvalue weighted by atomic mass is 32.2. The van der Waals surface area contributed by atoms with Crippen LogP contribution in [0.5, 0.6) is 0 Å². The van der Waals surface area contributed by atoms with Gasteiger partial charge in [0.15, 0.2) is 5.16 Å². The Morgan fingerprint density at radius 3 is 2.87 bits per heavy atom. The average Bonchev–Trinajstić information content (AvgIpc) is 2.99. The second-order valence-corrected chi connectivity index (χ2v) is 6.41. The molecule has 2 aromatic rings. The van der Waals surface area contributed by atoms with Crippen molar-refractivity contribution < 1.29 is 9.59 Å². The summed E-state index contributed by atoms with van der Waals surface area (Å²) in [4.78, 5) is 34.1. The molecule has 2 N–H and O–H groups in total. The molecule has 1 aliphatic rings. The van der Waals surface area contributed by atoms with E-state index >= 15 is 0 Å². The topological polar surface area (TPSA) is 87.2 Å². The number of fused-ring (bicyclic) bond motifs is 1. The number of rotatable bonds is 4. The number of thioether (sulfide) groups is 1. The van der Waals surface area contributed by atoms with Gasteiger partial charge >= 0.3 is 6.03 Å². The van der Waals surface area contributed by atoms with Gasteiger partial charge in [0, 0.05) is 25.5 Å². The van der Waals surface area contributed by atoms with Crippen molar-refractivity contribution >= 4 is 40.4 Å². The quantitative estimate of drug-likeness (QED) is 0.655.